The Labute approximate surface area is 119 Å². The number of hydrogen-bond acceptors (Lipinski definition) is 3. The number of nitrogens with zero attached hydrogens (tertiary/aromatic N) is 2. The Bertz CT molecular complexity index is 566. The number of benzene rings is 2. The van der Waals surface area contributed by atoms with Crippen LogP contribution in [0, 0.1) is 0 Å². The molecule has 0 bridgehead atoms. The summed E-state index contributed by atoms with van der Waals surface area (Å²) in [6.07, 6.45) is 0. The van der Waals surface area contributed by atoms with Crippen LogP contribution < -0.4 is 4.74 Å². The van der Waals surface area contributed by atoms with E-state index in [2.05, 4.69) is 34.2 Å². The van der Waals surface area contributed by atoms with Crippen LogP contribution in [0.5, 0.6) is 5.75 Å². The number of amidine groups is 1. The molecule has 0 spiro atoms. The van der Waals surface area contributed by atoms with Gasteiger partial charge in [0.1, 0.15) is 18.2 Å². The van der Waals surface area contributed by atoms with Crippen LogP contribution in [0.25, 0.3) is 0 Å². The second-order valence-corrected chi connectivity index (χ2v) is 4.72. The predicted octanol–water partition coefficient (Wildman–Crippen LogP) is 2.83. The van der Waals surface area contributed by atoms with Gasteiger partial charge < -0.3 is 9.64 Å². The first-order valence-electron chi connectivity index (χ1n) is 6.96. The maximum Gasteiger partial charge on any atom is 0.131 e. The van der Waals surface area contributed by atoms with Crippen LogP contribution in [0.2, 0.25) is 0 Å². The van der Waals surface area contributed by atoms with Crippen molar-refractivity contribution in [3.63, 3.8) is 0 Å². The lowest BCUT2D eigenvalue weighted by Gasteiger charge is -2.20. The smallest absolute Gasteiger partial charge is 0.131 e. The maximum atomic E-state index is 5.76. The fourth-order valence-corrected chi connectivity index (χ4v) is 2.35. The van der Waals surface area contributed by atoms with Crippen molar-refractivity contribution < 1.29 is 4.74 Å². The first-order chi connectivity index (χ1) is 9.93. The van der Waals surface area contributed by atoms with Gasteiger partial charge in [0.15, 0.2) is 0 Å². The molecule has 0 fully saturated rings. The van der Waals surface area contributed by atoms with Crippen molar-refractivity contribution in [3.05, 3.63) is 66.2 Å². The van der Waals surface area contributed by atoms with Crippen molar-refractivity contribution in [2.24, 2.45) is 4.99 Å². The molecule has 3 nitrogen and oxygen atoms in total. The number of para-hydroxylation sites is 1. The second-order valence-electron chi connectivity index (χ2n) is 4.72. The van der Waals surface area contributed by atoms with Crippen molar-refractivity contribution in [3.8, 4) is 5.75 Å². The van der Waals surface area contributed by atoms with Gasteiger partial charge in [-0.15, -0.1) is 0 Å². The molecule has 0 atom stereocenters. The van der Waals surface area contributed by atoms with E-state index in [1.54, 1.807) is 0 Å². The molecule has 3 rings (SSSR count). The third-order valence-corrected chi connectivity index (χ3v) is 3.34. The molecule has 0 N–H and O–H groups in total. The van der Waals surface area contributed by atoms with Crippen molar-refractivity contribution in [1.29, 1.82) is 0 Å². The molecule has 3 heteroatoms. The summed E-state index contributed by atoms with van der Waals surface area (Å²) in [5, 5.41) is 0. The highest BCUT2D eigenvalue weighted by Crippen LogP contribution is 2.12. The minimum absolute atomic E-state index is 0.676. The molecule has 102 valence electrons. The monoisotopic (exact) mass is 266 g/mol. The van der Waals surface area contributed by atoms with E-state index in [0.717, 1.165) is 31.2 Å². The Hall–Kier alpha value is -2.29. The van der Waals surface area contributed by atoms with E-state index in [4.69, 9.17) is 4.74 Å². The maximum absolute atomic E-state index is 5.76. The topological polar surface area (TPSA) is 24.8 Å². The van der Waals surface area contributed by atoms with Crippen molar-refractivity contribution >= 4 is 5.84 Å². The first-order valence-corrected chi connectivity index (χ1v) is 6.96. The molecule has 0 unspecified atom stereocenters. The van der Waals surface area contributed by atoms with Crippen LogP contribution in [-0.4, -0.2) is 37.0 Å². The molecule has 0 radical (unpaired) electrons. The predicted molar refractivity (Wildman–Crippen MR) is 81.4 cm³/mol. The summed E-state index contributed by atoms with van der Waals surface area (Å²) in [6.45, 7) is 3.39. The van der Waals surface area contributed by atoms with Crippen LogP contribution in [0.3, 0.4) is 0 Å². The zero-order chi connectivity index (χ0) is 13.6. The van der Waals surface area contributed by atoms with Gasteiger partial charge in [-0.1, -0.05) is 48.5 Å². The summed E-state index contributed by atoms with van der Waals surface area (Å²) in [7, 11) is 0. The third kappa shape index (κ3) is 2.99. The Morgan fingerprint density at radius 1 is 0.950 bits per heavy atom. The minimum Gasteiger partial charge on any atom is -0.492 e. The van der Waals surface area contributed by atoms with Crippen molar-refractivity contribution in [1.82, 2.24) is 4.90 Å². The second kappa shape index (κ2) is 6.24. The van der Waals surface area contributed by atoms with Crippen LogP contribution in [-0.2, 0) is 0 Å². The fourth-order valence-electron chi connectivity index (χ4n) is 2.35. The summed E-state index contributed by atoms with van der Waals surface area (Å²) in [6, 6.07) is 20.3. The average molecular weight is 266 g/mol. The van der Waals surface area contributed by atoms with E-state index in [1.807, 2.05) is 36.4 Å². The van der Waals surface area contributed by atoms with Crippen LogP contribution in [0.1, 0.15) is 5.56 Å². The van der Waals surface area contributed by atoms with E-state index in [-0.39, 0.29) is 0 Å². The molecule has 1 aliphatic rings. The Morgan fingerprint density at radius 3 is 2.40 bits per heavy atom. The van der Waals surface area contributed by atoms with Gasteiger partial charge in [-0.25, -0.2) is 0 Å². The molecular formula is C17H18N2O. The Kier molecular flexibility index (Phi) is 3.97. The van der Waals surface area contributed by atoms with Crippen molar-refractivity contribution in [2.45, 2.75) is 0 Å². The largest absolute Gasteiger partial charge is 0.492 e. The van der Waals surface area contributed by atoms with E-state index >= 15 is 0 Å². The lowest BCUT2D eigenvalue weighted by atomic mass is 10.2. The van der Waals surface area contributed by atoms with E-state index in [1.165, 1.54) is 5.56 Å². The molecule has 2 aromatic carbocycles. The highest BCUT2D eigenvalue weighted by molar-refractivity contribution is 5.99. The zero-order valence-electron chi connectivity index (χ0n) is 11.4. The normalized spacial score (nSPS) is 14.2. The molecule has 0 amide bonds. The van der Waals surface area contributed by atoms with Gasteiger partial charge in [-0.2, -0.15) is 0 Å². The quantitative estimate of drug-likeness (QED) is 0.831. The fraction of sp³-hybridized carbons (Fsp3) is 0.235. The zero-order valence-corrected chi connectivity index (χ0v) is 11.4. The molecule has 0 aromatic heterocycles. The average Bonchev–Trinajstić information content (AvgIpc) is 2.98. The van der Waals surface area contributed by atoms with Gasteiger partial charge in [-0.05, 0) is 12.1 Å². The minimum atomic E-state index is 0.676. The van der Waals surface area contributed by atoms with Crippen LogP contribution in [0.15, 0.2) is 65.7 Å². The van der Waals surface area contributed by atoms with E-state index in [0.29, 0.717) is 6.61 Å². The molecule has 20 heavy (non-hydrogen) atoms. The molecular weight excluding hydrogens is 248 g/mol. The number of rotatable bonds is 5. The van der Waals surface area contributed by atoms with Crippen molar-refractivity contribution in [2.75, 3.05) is 26.2 Å². The highest BCUT2D eigenvalue weighted by Gasteiger charge is 2.17. The molecule has 2 aromatic rings. The van der Waals surface area contributed by atoms with E-state index in [9.17, 15) is 0 Å². The molecule has 1 aliphatic heterocycles. The first kappa shape index (κ1) is 12.7. The summed E-state index contributed by atoms with van der Waals surface area (Å²) in [5.74, 6) is 2.01. The molecule has 0 saturated heterocycles. The SMILES string of the molecule is c1ccc(OCCN2CCN=C2c2ccccc2)cc1. The Morgan fingerprint density at radius 2 is 1.65 bits per heavy atom. The lowest BCUT2D eigenvalue weighted by Crippen LogP contribution is -2.32. The van der Waals surface area contributed by atoms with Gasteiger partial charge in [0, 0.05) is 12.1 Å². The molecule has 0 saturated carbocycles. The molecule has 0 aliphatic carbocycles. The lowest BCUT2D eigenvalue weighted by molar-refractivity contribution is 0.276. The van der Waals surface area contributed by atoms with Gasteiger partial charge in [0.2, 0.25) is 0 Å². The summed E-state index contributed by atoms with van der Waals surface area (Å²) < 4.78 is 5.76. The Balaban J connectivity index is 1.57. The van der Waals surface area contributed by atoms with Gasteiger partial charge >= 0.3 is 0 Å². The number of aliphatic imine (C=N–C) groups is 1. The molecule has 1 heterocycles. The van der Waals surface area contributed by atoms with E-state index < -0.39 is 0 Å². The van der Waals surface area contributed by atoms with Crippen LogP contribution in [0.4, 0.5) is 0 Å². The summed E-state index contributed by atoms with van der Waals surface area (Å²) in [4.78, 5) is 6.89. The number of ether oxygens (including phenoxy) is 1. The number of hydrogen-bond donors (Lipinski definition) is 0. The van der Waals surface area contributed by atoms with Gasteiger partial charge in [0.05, 0.1) is 13.1 Å². The third-order valence-electron chi connectivity index (χ3n) is 3.34. The van der Waals surface area contributed by atoms with Gasteiger partial charge in [0.25, 0.3) is 0 Å². The van der Waals surface area contributed by atoms with Gasteiger partial charge in [-0.3, -0.25) is 4.99 Å². The summed E-state index contributed by atoms with van der Waals surface area (Å²) >= 11 is 0. The van der Waals surface area contributed by atoms with Crippen LogP contribution >= 0.6 is 0 Å². The standard InChI is InChI=1S/C17H18N2O/c1-3-7-15(8-4-1)17-18-11-12-19(17)13-14-20-16-9-5-2-6-10-16/h1-10H,11-14H2. The summed E-state index contributed by atoms with van der Waals surface area (Å²) in [5.41, 5.74) is 1.18. The highest BCUT2D eigenvalue weighted by atomic mass is 16.5.